The summed E-state index contributed by atoms with van der Waals surface area (Å²) in [7, 11) is 0. The zero-order chi connectivity index (χ0) is 14.4. The lowest BCUT2D eigenvalue weighted by Crippen LogP contribution is -2.22. The van der Waals surface area contributed by atoms with Crippen LogP contribution >= 0.6 is 0 Å². The van der Waals surface area contributed by atoms with Crippen molar-refractivity contribution in [3.63, 3.8) is 0 Å². The van der Waals surface area contributed by atoms with Gasteiger partial charge in [-0.3, -0.25) is 4.79 Å². The quantitative estimate of drug-likeness (QED) is 0.731. The number of hydrogen-bond acceptors (Lipinski definition) is 4. The molecule has 1 aliphatic rings. The summed E-state index contributed by atoms with van der Waals surface area (Å²) in [6, 6.07) is 2.62. The molecule has 20 heavy (non-hydrogen) atoms. The van der Waals surface area contributed by atoms with Gasteiger partial charge in [0.25, 0.3) is 0 Å². The number of aromatic amines is 1. The molecule has 0 radical (unpaired) electrons. The van der Waals surface area contributed by atoms with Crippen molar-refractivity contribution in [3.8, 4) is 0 Å². The molecule has 2 aromatic rings. The van der Waals surface area contributed by atoms with E-state index < -0.39 is 0 Å². The van der Waals surface area contributed by atoms with Crippen molar-refractivity contribution in [2.45, 2.75) is 45.1 Å². The van der Waals surface area contributed by atoms with Crippen molar-refractivity contribution in [3.05, 3.63) is 18.0 Å². The summed E-state index contributed by atoms with van der Waals surface area (Å²) in [4.78, 5) is 20.7. The second-order valence-corrected chi connectivity index (χ2v) is 5.06. The number of carbonyl (C=O) groups excluding carboxylic acids is 1. The van der Waals surface area contributed by atoms with E-state index in [9.17, 15) is 0 Å². The number of fused-ring (bicyclic) bond motifs is 1. The number of H-pyrrole nitrogens is 1. The molecule has 0 aliphatic heterocycles. The molecular formula is C14H21N5O. The van der Waals surface area contributed by atoms with Crippen molar-refractivity contribution in [2.24, 2.45) is 5.73 Å². The molecule has 1 saturated carbocycles. The first-order valence-corrected chi connectivity index (χ1v) is 6.97. The Kier molecular flexibility index (Phi) is 4.92. The molecule has 0 bridgehead atoms. The average Bonchev–Trinajstić information content (AvgIpc) is 2.80. The normalized spacial score (nSPS) is 15.4. The first kappa shape index (κ1) is 14.3. The van der Waals surface area contributed by atoms with E-state index in [0.717, 1.165) is 22.7 Å². The van der Waals surface area contributed by atoms with E-state index in [2.05, 4.69) is 26.0 Å². The van der Waals surface area contributed by atoms with Crippen LogP contribution < -0.4 is 11.1 Å². The molecule has 6 heteroatoms. The summed E-state index contributed by atoms with van der Waals surface area (Å²) in [5.74, 6) is 0.906. The number of nitrogens with two attached hydrogens (primary N) is 1. The lowest BCUT2D eigenvalue weighted by molar-refractivity contribution is -0.106. The van der Waals surface area contributed by atoms with Crippen LogP contribution in [0.4, 0.5) is 5.82 Å². The van der Waals surface area contributed by atoms with Gasteiger partial charge in [-0.25, -0.2) is 9.97 Å². The van der Waals surface area contributed by atoms with Gasteiger partial charge < -0.3 is 16.0 Å². The van der Waals surface area contributed by atoms with E-state index in [0.29, 0.717) is 6.04 Å². The van der Waals surface area contributed by atoms with Crippen LogP contribution in [-0.2, 0) is 4.79 Å². The summed E-state index contributed by atoms with van der Waals surface area (Å²) in [5, 5.41) is 3.49. The summed E-state index contributed by atoms with van der Waals surface area (Å²) in [5.41, 5.74) is 7.09. The largest absolute Gasteiger partial charge is 0.372 e. The number of amides is 1. The number of aromatic nitrogens is 3. The van der Waals surface area contributed by atoms with Crippen molar-refractivity contribution < 1.29 is 4.79 Å². The Morgan fingerprint density at radius 2 is 2.10 bits per heavy atom. The number of nitrogens with one attached hydrogen (secondary N) is 2. The Bertz CT molecular complexity index is 560. The van der Waals surface area contributed by atoms with E-state index in [-0.39, 0.29) is 6.41 Å². The molecular weight excluding hydrogens is 254 g/mol. The molecule has 2 aromatic heterocycles. The molecule has 2 heterocycles. The Labute approximate surface area is 118 Å². The van der Waals surface area contributed by atoms with Crippen LogP contribution in [0.2, 0.25) is 0 Å². The van der Waals surface area contributed by atoms with E-state index in [1.54, 1.807) is 0 Å². The number of nitrogens with zero attached hydrogens (tertiary/aromatic N) is 2. The fourth-order valence-electron chi connectivity index (χ4n) is 2.55. The predicted molar refractivity (Wildman–Crippen MR) is 79.4 cm³/mol. The third-order valence-electron chi connectivity index (χ3n) is 3.43. The Morgan fingerprint density at radius 3 is 2.80 bits per heavy atom. The maximum Gasteiger partial charge on any atom is 0.204 e. The molecule has 3 rings (SSSR count). The van der Waals surface area contributed by atoms with Crippen LogP contribution in [0.25, 0.3) is 11.2 Å². The van der Waals surface area contributed by atoms with Crippen LogP contribution in [0.15, 0.2) is 12.3 Å². The second-order valence-electron chi connectivity index (χ2n) is 5.06. The predicted octanol–water partition coefficient (Wildman–Crippen LogP) is 2.11. The minimum absolute atomic E-state index is 0.250. The topological polar surface area (TPSA) is 96.7 Å². The molecule has 0 saturated heterocycles. The highest BCUT2D eigenvalue weighted by molar-refractivity contribution is 5.73. The highest BCUT2D eigenvalue weighted by Gasteiger charge is 2.13. The maximum absolute atomic E-state index is 8.58. The SMILES string of the molecule is Cc1cc2nc(NC3CCCCC3)cnc2[nH]1.NC=O. The molecule has 1 amide bonds. The molecule has 0 unspecified atom stereocenters. The number of primary amides is 1. The minimum Gasteiger partial charge on any atom is -0.372 e. The zero-order valence-corrected chi connectivity index (χ0v) is 11.7. The standard InChI is InChI=1S/C13H18N4.CH3NO/c1-9-7-11-13(15-9)14-8-12(17-11)16-10-5-3-2-4-6-10;2-1-3/h7-8,10H,2-6H2,1H3,(H,14,15)(H,16,17);1H,(H2,2,3). The average molecular weight is 275 g/mol. The van der Waals surface area contributed by atoms with Crippen LogP contribution in [0.5, 0.6) is 0 Å². The van der Waals surface area contributed by atoms with Crippen LogP contribution in [0, 0.1) is 6.92 Å². The van der Waals surface area contributed by atoms with Gasteiger partial charge in [-0.2, -0.15) is 0 Å². The first-order valence-electron chi connectivity index (χ1n) is 6.97. The van der Waals surface area contributed by atoms with Crippen molar-refractivity contribution in [1.82, 2.24) is 15.0 Å². The van der Waals surface area contributed by atoms with Gasteiger partial charge in [-0.05, 0) is 25.8 Å². The van der Waals surface area contributed by atoms with Gasteiger partial charge in [0.05, 0.1) is 6.20 Å². The number of aryl methyl sites for hydroxylation is 1. The Balaban J connectivity index is 0.000000452. The Hall–Kier alpha value is -2.11. The number of carbonyl (C=O) groups is 1. The van der Waals surface area contributed by atoms with Crippen molar-refractivity contribution in [1.29, 1.82) is 0 Å². The van der Waals surface area contributed by atoms with Crippen LogP contribution in [0.1, 0.15) is 37.8 Å². The summed E-state index contributed by atoms with van der Waals surface area (Å²) in [6.45, 7) is 2.03. The maximum atomic E-state index is 8.58. The minimum atomic E-state index is 0.250. The van der Waals surface area contributed by atoms with E-state index >= 15 is 0 Å². The first-order chi connectivity index (χ1) is 9.72. The fraction of sp³-hybridized carbons (Fsp3) is 0.500. The highest BCUT2D eigenvalue weighted by Crippen LogP contribution is 2.21. The summed E-state index contributed by atoms with van der Waals surface area (Å²) in [6.07, 6.45) is 8.62. The monoisotopic (exact) mass is 275 g/mol. The van der Waals surface area contributed by atoms with E-state index in [4.69, 9.17) is 4.79 Å². The number of hydrogen-bond donors (Lipinski definition) is 3. The summed E-state index contributed by atoms with van der Waals surface area (Å²) < 4.78 is 0. The molecule has 1 fully saturated rings. The van der Waals surface area contributed by atoms with Gasteiger partial charge in [0, 0.05) is 11.7 Å². The fourth-order valence-corrected chi connectivity index (χ4v) is 2.55. The Morgan fingerprint density at radius 1 is 1.40 bits per heavy atom. The highest BCUT2D eigenvalue weighted by atomic mass is 16.1. The van der Waals surface area contributed by atoms with E-state index in [1.165, 1.54) is 32.1 Å². The summed E-state index contributed by atoms with van der Waals surface area (Å²) >= 11 is 0. The van der Waals surface area contributed by atoms with Gasteiger partial charge in [-0.15, -0.1) is 0 Å². The van der Waals surface area contributed by atoms with E-state index in [1.807, 2.05) is 19.2 Å². The van der Waals surface area contributed by atoms with Gasteiger partial charge >= 0.3 is 0 Å². The molecule has 0 aromatic carbocycles. The van der Waals surface area contributed by atoms with Crippen LogP contribution in [-0.4, -0.2) is 27.4 Å². The molecule has 0 spiro atoms. The molecule has 6 nitrogen and oxygen atoms in total. The van der Waals surface area contributed by atoms with Crippen LogP contribution in [0.3, 0.4) is 0 Å². The molecule has 1 aliphatic carbocycles. The van der Waals surface area contributed by atoms with Gasteiger partial charge in [0.1, 0.15) is 11.3 Å². The van der Waals surface area contributed by atoms with Gasteiger partial charge in [-0.1, -0.05) is 19.3 Å². The molecule has 4 N–H and O–H groups in total. The molecule has 0 atom stereocenters. The number of rotatable bonds is 2. The molecule has 108 valence electrons. The smallest absolute Gasteiger partial charge is 0.204 e. The van der Waals surface area contributed by atoms with Gasteiger partial charge in [0.2, 0.25) is 6.41 Å². The van der Waals surface area contributed by atoms with Crippen molar-refractivity contribution in [2.75, 3.05) is 5.32 Å². The lowest BCUT2D eigenvalue weighted by atomic mass is 9.96. The van der Waals surface area contributed by atoms with Crippen molar-refractivity contribution >= 4 is 23.4 Å². The second kappa shape index (κ2) is 6.88. The lowest BCUT2D eigenvalue weighted by Gasteiger charge is -2.22. The third-order valence-corrected chi connectivity index (χ3v) is 3.43. The van der Waals surface area contributed by atoms with Gasteiger partial charge in [0.15, 0.2) is 5.65 Å². The third kappa shape index (κ3) is 3.69. The number of anilines is 1. The zero-order valence-electron chi connectivity index (χ0n) is 11.7.